The Morgan fingerprint density at radius 3 is 2.89 bits per heavy atom. The van der Waals surface area contributed by atoms with Gasteiger partial charge in [0.25, 0.3) is 0 Å². The van der Waals surface area contributed by atoms with Gasteiger partial charge in [-0.1, -0.05) is 24.3 Å². The molecule has 0 bridgehead atoms. The van der Waals surface area contributed by atoms with Gasteiger partial charge in [-0.3, -0.25) is 0 Å². The predicted molar refractivity (Wildman–Crippen MR) is 80.5 cm³/mol. The Morgan fingerprint density at radius 1 is 1.26 bits per heavy atom. The molecule has 2 fully saturated rings. The fraction of sp³-hybridized carbons (Fsp3) is 0.647. The van der Waals surface area contributed by atoms with Crippen molar-refractivity contribution in [1.29, 1.82) is 0 Å². The van der Waals surface area contributed by atoms with Crippen LogP contribution in [0.5, 0.6) is 0 Å². The summed E-state index contributed by atoms with van der Waals surface area (Å²) in [5, 5.41) is 3.74. The minimum Gasteiger partial charge on any atom is -0.312 e. The van der Waals surface area contributed by atoms with Gasteiger partial charge in [-0.25, -0.2) is 0 Å². The molecule has 19 heavy (non-hydrogen) atoms. The predicted octanol–water partition coefficient (Wildman–Crippen LogP) is 2.61. The van der Waals surface area contributed by atoms with Crippen molar-refractivity contribution in [2.45, 2.75) is 38.6 Å². The molecule has 104 valence electrons. The van der Waals surface area contributed by atoms with Crippen molar-refractivity contribution in [3.63, 3.8) is 0 Å². The Hall–Kier alpha value is -0.860. The average Bonchev–Trinajstić information content (AvgIpc) is 3.24. The quantitative estimate of drug-likeness (QED) is 0.893. The molecule has 0 aromatic heterocycles. The zero-order chi connectivity index (χ0) is 13.1. The molecule has 1 aliphatic heterocycles. The molecule has 1 aromatic carbocycles. The first-order valence-corrected chi connectivity index (χ1v) is 7.83. The van der Waals surface area contributed by atoms with Crippen LogP contribution in [0.4, 0.5) is 0 Å². The van der Waals surface area contributed by atoms with Gasteiger partial charge in [-0.2, -0.15) is 0 Å². The van der Waals surface area contributed by atoms with Crippen LogP contribution in [0, 0.1) is 12.8 Å². The average molecular weight is 258 g/mol. The lowest BCUT2D eigenvalue weighted by Gasteiger charge is -2.24. The molecular formula is C17H26N2. The van der Waals surface area contributed by atoms with Crippen molar-refractivity contribution in [2.24, 2.45) is 5.92 Å². The maximum absolute atomic E-state index is 3.74. The fourth-order valence-corrected chi connectivity index (χ4v) is 3.21. The minimum absolute atomic E-state index is 0.763. The lowest BCUT2D eigenvalue weighted by molar-refractivity contribution is 0.261. The third-order valence-electron chi connectivity index (χ3n) is 4.66. The molecule has 2 heteroatoms. The number of nitrogens with zero attached hydrogens (tertiary/aromatic N) is 1. The molecule has 1 saturated heterocycles. The summed E-state index contributed by atoms with van der Waals surface area (Å²) in [5.74, 6) is 0.971. The maximum Gasteiger partial charge on any atom is 0.0223 e. The van der Waals surface area contributed by atoms with Gasteiger partial charge in [0.05, 0.1) is 0 Å². The summed E-state index contributed by atoms with van der Waals surface area (Å²) in [7, 11) is 0. The Bertz CT molecular complexity index is 411. The van der Waals surface area contributed by atoms with Gasteiger partial charge in [0.2, 0.25) is 0 Å². The van der Waals surface area contributed by atoms with Crippen LogP contribution in [0.3, 0.4) is 0 Å². The molecule has 1 aliphatic carbocycles. The fourth-order valence-electron chi connectivity index (χ4n) is 3.21. The minimum atomic E-state index is 0.763. The molecule has 3 rings (SSSR count). The van der Waals surface area contributed by atoms with E-state index >= 15 is 0 Å². The zero-order valence-electron chi connectivity index (χ0n) is 12.1. The molecule has 0 spiro atoms. The van der Waals surface area contributed by atoms with Crippen molar-refractivity contribution in [3.05, 3.63) is 35.4 Å². The van der Waals surface area contributed by atoms with Crippen LogP contribution in [0.15, 0.2) is 24.3 Å². The summed E-state index contributed by atoms with van der Waals surface area (Å²) >= 11 is 0. The molecule has 2 nitrogen and oxygen atoms in total. The third-order valence-corrected chi connectivity index (χ3v) is 4.66. The van der Waals surface area contributed by atoms with Gasteiger partial charge in [0.15, 0.2) is 0 Å². The van der Waals surface area contributed by atoms with E-state index in [2.05, 4.69) is 41.4 Å². The van der Waals surface area contributed by atoms with Gasteiger partial charge in [-0.05, 0) is 62.7 Å². The number of hydrogen-bond donors (Lipinski definition) is 1. The maximum atomic E-state index is 3.74. The summed E-state index contributed by atoms with van der Waals surface area (Å²) < 4.78 is 0. The summed E-state index contributed by atoms with van der Waals surface area (Å²) in [4.78, 5) is 2.68. The van der Waals surface area contributed by atoms with Crippen molar-refractivity contribution < 1.29 is 0 Å². The van der Waals surface area contributed by atoms with E-state index in [0.29, 0.717) is 0 Å². The van der Waals surface area contributed by atoms with E-state index in [4.69, 9.17) is 0 Å². The largest absolute Gasteiger partial charge is 0.312 e. The van der Waals surface area contributed by atoms with Crippen molar-refractivity contribution in [3.8, 4) is 0 Å². The number of benzene rings is 1. The topological polar surface area (TPSA) is 15.3 Å². The number of aryl methyl sites for hydroxylation is 1. The molecule has 1 aromatic rings. The summed E-state index contributed by atoms with van der Waals surface area (Å²) in [6.07, 6.45) is 5.40. The highest BCUT2D eigenvalue weighted by molar-refractivity contribution is 5.25. The van der Waals surface area contributed by atoms with Crippen LogP contribution < -0.4 is 5.32 Å². The second-order valence-corrected chi connectivity index (χ2v) is 6.23. The normalized spacial score (nSPS) is 25.2. The third kappa shape index (κ3) is 3.58. The molecule has 2 aliphatic rings. The Balaban J connectivity index is 1.54. The summed E-state index contributed by atoms with van der Waals surface area (Å²) in [6, 6.07) is 9.58. The molecular weight excluding hydrogens is 232 g/mol. The lowest BCUT2D eigenvalue weighted by atomic mass is 10.1. The standard InChI is InChI=1S/C17H26N2/c1-14-5-2-3-6-15(14)9-12-19-11-4-10-18-17(13-19)16-7-8-16/h2-3,5-6,16-18H,4,7-13H2,1H3. The van der Waals surface area contributed by atoms with Gasteiger partial charge < -0.3 is 10.2 Å². The first-order valence-electron chi connectivity index (χ1n) is 7.83. The van der Waals surface area contributed by atoms with Crippen LogP contribution in [-0.4, -0.2) is 37.1 Å². The SMILES string of the molecule is Cc1ccccc1CCN1CCCNC(C2CC2)C1. The van der Waals surface area contributed by atoms with Crippen LogP contribution in [0.25, 0.3) is 0 Å². The van der Waals surface area contributed by atoms with E-state index in [1.54, 1.807) is 0 Å². The van der Waals surface area contributed by atoms with E-state index in [-0.39, 0.29) is 0 Å². The molecule has 0 radical (unpaired) electrons. The first kappa shape index (κ1) is 13.1. The van der Waals surface area contributed by atoms with Crippen molar-refractivity contribution >= 4 is 0 Å². The number of hydrogen-bond acceptors (Lipinski definition) is 2. The molecule has 0 amide bonds. The smallest absolute Gasteiger partial charge is 0.0223 e. The van der Waals surface area contributed by atoms with Crippen molar-refractivity contribution in [1.82, 2.24) is 10.2 Å². The highest BCUT2D eigenvalue weighted by Gasteiger charge is 2.32. The first-order chi connectivity index (χ1) is 9.33. The van der Waals surface area contributed by atoms with Crippen LogP contribution in [-0.2, 0) is 6.42 Å². The zero-order valence-corrected chi connectivity index (χ0v) is 12.1. The molecule has 1 N–H and O–H groups in total. The van der Waals surface area contributed by atoms with E-state index in [0.717, 1.165) is 12.0 Å². The summed E-state index contributed by atoms with van der Waals surface area (Å²) in [5.41, 5.74) is 2.96. The van der Waals surface area contributed by atoms with Gasteiger partial charge in [0, 0.05) is 19.1 Å². The van der Waals surface area contributed by atoms with E-state index in [9.17, 15) is 0 Å². The highest BCUT2D eigenvalue weighted by Crippen LogP contribution is 2.33. The van der Waals surface area contributed by atoms with Gasteiger partial charge in [0.1, 0.15) is 0 Å². The monoisotopic (exact) mass is 258 g/mol. The van der Waals surface area contributed by atoms with Crippen molar-refractivity contribution in [2.75, 3.05) is 26.2 Å². The highest BCUT2D eigenvalue weighted by atomic mass is 15.2. The summed E-state index contributed by atoms with van der Waals surface area (Å²) in [6.45, 7) is 7.18. The Labute approximate surface area is 117 Å². The number of rotatable bonds is 4. The van der Waals surface area contributed by atoms with E-state index in [1.165, 1.54) is 63.0 Å². The molecule has 1 unspecified atom stereocenters. The van der Waals surface area contributed by atoms with E-state index in [1.807, 2.05) is 0 Å². The Kier molecular flexibility index (Phi) is 4.19. The lowest BCUT2D eigenvalue weighted by Crippen LogP contribution is -2.39. The van der Waals surface area contributed by atoms with E-state index < -0.39 is 0 Å². The van der Waals surface area contributed by atoms with Gasteiger partial charge >= 0.3 is 0 Å². The molecule has 1 atom stereocenters. The van der Waals surface area contributed by atoms with Crippen LogP contribution in [0.2, 0.25) is 0 Å². The second-order valence-electron chi connectivity index (χ2n) is 6.23. The van der Waals surface area contributed by atoms with Gasteiger partial charge in [-0.15, -0.1) is 0 Å². The van der Waals surface area contributed by atoms with Crippen LogP contribution >= 0.6 is 0 Å². The second kappa shape index (κ2) is 6.06. The molecule has 1 saturated carbocycles. The van der Waals surface area contributed by atoms with Crippen LogP contribution in [0.1, 0.15) is 30.4 Å². The Morgan fingerprint density at radius 2 is 2.11 bits per heavy atom. The molecule has 1 heterocycles. The number of nitrogens with one attached hydrogen (secondary N) is 1.